The van der Waals surface area contributed by atoms with Gasteiger partial charge in [0.2, 0.25) is 0 Å². The highest BCUT2D eigenvalue weighted by Crippen LogP contribution is 2.16. The second-order valence-corrected chi connectivity index (χ2v) is 19.1. The van der Waals surface area contributed by atoms with Crippen LogP contribution in [0, 0.1) is 0 Å². The zero-order valence-corrected chi connectivity index (χ0v) is 41.1. The van der Waals surface area contributed by atoms with E-state index in [1.54, 1.807) is 0 Å². The molecule has 0 aromatic rings. The number of hydrogen-bond acceptors (Lipinski definition) is 7. The van der Waals surface area contributed by atoms with Gasteiger partial charge in [-0.25, -0.2) is 0 Å². The molecule has 8 heteroatoms. The van der Waals surface area contributed by atoms with E-state index >= 15 is 0 Å². The SMILES string of the molecule is CCCCCCCCCCCCC/C=C/CCCCCCCCCC(=O)OC(COCCC(C(=O)[O-])[N+](C)(C)C)COC(=O)CCCCCCCCCCCCCCCCC. The average Bonchev–Trinajstić information content (AvgIpc) is 3.22. The van der Waals surface area contributed by atoms with Gasteiger partial charge in [-0.2, -0.15) is 0 Å². The molecule has 360 valence electrons. The smallest absolute Gasteiger partial charge is 0.306 e. The summed E-state index contributed by atoms with van der Waals surface area (Å²) in [5.74, 6) is -1.72. The lowest BCUT2D eigenvalue weighted by Crippen LogP contribution is -2.55. The molecule has 0 N–H and O–H groups in total. The third kappa shape index (κ3) is 43.1. The number of carbonyl (C=O) groups is 3. The quantitative estimate of drug-likeness (QED) is 0.0260. The molecule has 0 bridgehead atoms. The fourth-order valence-electron chi connectivity index (χ4n) is 8.07. The highest BCUT2D eigenvalue weighted by molar-refractivity contribution is 5.70. The molecule has 0 aromatic heterocycles. The van der Waals surface area contributed by atoms with Crippen molar-refractivity contribution >= 4 is 17.9 Å². The molecule has 0 aromatic carbocycles. The van der Waals surface area contributed by atoms with Crippen LogP contribution in [-0.4, -0.2) is 75.5 Å². The van der Waals surface area contributed by atoms with E-state index < -0.39 is 18.1 Å². The van der Waals surface area contributed by atoms with E-state index in [2.05, 4.69) is 26.0 Å². The van der Waals surface area contributed by atoms with Gasteiger partial charge in [-0.05, 0) is 38.5 Å². The number of allylic oxidation sites excluding steroid dienone is 2. The highest BCUT2D eigenvalue weighted by Gasteiger charge is 2.25. The van der Waals surface area contributed by atoms with E-state index in [4.69, 9.17) is 14.2 Å². The number of hydrogen-bond donors (Lipinski definition) is 0. The van der Waals surface area contributed by atoms with Crippen LogP contribution in [0.3, 0.4) is 0 Å². The number of carboxylic acid groups (broad SMARTS) is 1. The molecule has 61 heavy (non-hydrogen) atoms. The van der Waals surface area contributed by atoms with Crippen molar-refractivity contribution in [2.24, 2.45) is 0 Å². The van der Waals surface area contributed by atoms with Crippen LogP contribution in [0.15, 0.2) is 12.2 Å². The van der Waals surface area contributed by atoms with E-state index in [1.165, 1.54) is 186 Å². The maximum atomic E-state index is 12.8. The summed E-state index contributed by atoms with van der Waals surface area (Å²) < 4.78 is 17.3. The van der Waals surface area contributed by atoms with Crippen molar-refractivity contribution in [1.29, 1.82) is 0 Å². The Bertz CT molecular complexity index is 1010. The van der Waals surface area contributed by atoms with Gasteiger partial charge >= 0.3 is 11.9 Å². The number of quaternary nitrogens is 1. The molecule has 0 amide bonds. The number of aliphatic carboxylic acids is 1. The van der Waals surface area contributed by atoms with Gasteiger partial charge in [-0.3, -0.25) is 9.59 Å². The Kier molecular flexibility index (Phi) is 43.3. The maximum absolute atomic E-state index is 12.8. The van der Waals surface area contributed by atoms with Crippen LogP contribution in [0.5, 0.6) is 0 Å². The van der Waals surface area contributed by atoms with Crippen molar-refractivity contribution in [3.05, 3.63) is 12.2 Å². The number of nitrogens with zero attached hydrogens (tertiary/aromatic N) is 1. The number of carbonyl (C=O) groups excluding carboxylic acids is 3. The number of carboxylic acids is 1. The molecule has 0 aliphatic heterocycles. The Hall–Kier alpha value is -1.93. The lowest BCUT2D eigenvalue weighted by atomic mass is 10.0. The van der Waals surface area contributed by atoms with Gasteiger partial charge < -0.3 is 28.6 Å². The summed E-state index contributed by atoms with van der Waals surface area (Å²) >= 11 is 0. The fraction of sp³-hybridized carbons (Fsp3) is 0.906. The lowest BCUT2D eigenvalue weighted by molar-refractivity contribution is -0.889. The number of unbranched alkanes of at least 4 members (excludes halogenated alkanes) is 32. The van der Waals surface area contributed by atoms with E-state index in [9.17, 15) is 19.5 Å². The molecule has 0 aliphatic rings. The van der Waals surface area contributed by atoms with Crippen LogP contribution in [-0.2, 0) is 28.6 Å². The summed E-state index contributed by atoms with van der Waals surface area (Å²) in [7, 11) is 5.43. The van der Waals surface area contributed by atoms with Gasteiger partial charge in [0.15, 0.2) is 6.10 Å². The molecule has 0 heterocycles. The first-order valence-electron chi connectivity index (χ1n) is 26.2. The minimum Gasteiger partial charge on any atom is -0.544 e. The van der Waals surface area contributed by atoms with Crippen molar-refractivity contribution in [1.82, 2.24) is 0 Å². The molecular formula is C53H101NO7. The number of ether oxygens (including phenoxy) is 3. The second-order valence-electron chi connectivity index (χ2n) is 19.1. The van der Waals surface area contributed by atoms with Gasteiger partial charge in [0.25, 0.3) is 0 Å². The second kappa shape index (κ2) is 44.7. The third-order valence-corrected chi connectivity index (χ3v) is 12.2. The van der Waals surface area contributed by atoms with Gasteiger partial charge in [0, 0.05) is 19.3 Å². The van der Waals surface area contributed by atoms with Crippen LogP contribution in [0.2, 0.25) is 0 Å². The van der Waals surface area contributed by atoms with E-state index in [0.717, 1.165) is 38.5 Å². The summed E-state index contributed by atoms with van der Waals surface area (Å²) in [6.45, 7) is 4.71. The zero-order chi connectivity index (χ0) is 44.9. The van der Waals surface area contributed by atoms with E-state index in [0.29, 0.717) is 12.8 Å². The molecule has 0 rings (SSSR count). The molecule has 2 atom stereocenters. The van der Waals surface area contributed by atoms with Crippen molar-refractivity contribution in [2.45, 2.75) is 270 Å². The minimum atomic E-state index is -1.12. The van der Waals surface area contributed by atoms with Gasteiger partial charge in [-0.15, -0.1) is 0 Å². The normalized spacial score (nSPS) is 12.9. The van der Waals surface area contributed by atoms with Crippen molar-refractivity contribution < 1.29 is 38.2 Å². The minimum absolute atomic E-state index is 0.0451. The molecule has 0 saturated heterocycles. The molecule has 0 aliphatic carbocycles. The molecular weight excluding hydrogens is 763 g/mol. The van der Waals surface area contributed by atoms with Crippen LogP contribution in [0.25, 0.3) is 0 Å². The Balaban J connectivity index is 4.19. The third-order valence-electron chi connectivity index (χ3n) is 12.2. The first-order valence-corrected chi connectivity index (χ1v) is 26.2. The lowest BCUT2D eigenvalue weighted by Gasteiger charge is -2.34. The topological polar surface area (TPSA) is 102 Å². The predicted octanol–water partition coefficient (Wildman–Crippen LogP) is 13.7. The molecule has 0 fully saturated rings. The molecule has 0 saturated carbocycles. The largest absolute Gasteiger partial charge is 0.544 e. The van der Waals surface area contributed by atoms with Crippen LogP contribution >= 0.6 is 0 Å². The standard InChI is InChI=1S/C53H101NO7/c1-6-8-10-12-14-16-18-20-22-23-24-25-26-27-28-30-32-34-36-38-40-42-44-52(56)61-49(47-59-46-45-50(53(57)58)54(3,4)5)48-60-51(55)43-41-39-37-35-33-31-29-21-19-17-15-13-11-9-7-2/h26-27,49-50H,6-25,28-48H2,1-5H3/b27-26+. The average molecular weight is 864 g/mol. The Labute approximate surface area is 378 Å². The van der Waals surface area contributed by atoms with Crippen LogP contribution in [0.1, 0.15) is 258 Å². The number of rotatable bonds is 48. The summed E-state index contributed by atoms with van der Waals surface area (Å²) in [6, 6.07) is -0.723. The van der Waals surface area contributed by atoms with E-state index in [1.807, 2.05) is 21.1 Å². The summed E-state index contributed by atoms with van der Waals surface area (Å²) in [5.41, 5.74) is 0. The molecule has 2 unspecified atom stereocenters. The summed E-state index contributed by atoms with van der Waals surface area (Å²) in [6.07, 6.45) is 49.6. The number of esters is 2. The Morgan fingerprint density at radius 1 is 0.475 bits per heavy atom. The van der Waals surface area contributed by atoms with Crippen molar-refractivity contribution in [3.8, 4) is 0 Å². The summed E-state index contributed by atoms with van der Waals surface area (Å²) in [5, 5.41) is 11.7. The Morgan fingerprint density at radius 3 is 1.18 bits per heavy atom. The van der Waals surface area contributed by atoms with Crippen LogP contribution in [0.4, 0.5) is 0 Å². The summed E-state index contributed by atoms with van der Waals surface area (Å²) in [4.78, 5) is 37.0. The molecule has 0 radical (unpaired) electrons. The molecule has 8 nitrogen and oxygen atoms in total. The van der Waals surface area contributed by atoms with Crippen LogP contribution < -0.4 is 5.11 Å². The first kappa shape index (κ1) is 59.1. The monoisotopic (exact) mass is 864 g/mol. The highest BCUT2D eigenvalue weighted by atomic mass is 16.6. The van der Waals surface area contributed by atoms with Gasteiger partial charge in [-0.1, -0.05) is 212 Å². The van der Waals surface area contributed by atoms with Gasteiger partial charge in [0.05, 0.1) is 40.3 Å². The zero-order valence-electron chi connectivity index (χ0n) is 41.1. The predicted molar refractivity (Wildman–Crippen MR) is 254 cm³/mol. The van der Waals surface area contributed by atoms with Crippen molar-refractivity contribution in [3.63, 3.8) is 0 Å². The van der Waals surface area contributed by atoms with Crippen molar-refractivity contribution in [2.75, 3.05) is 41.0 Å². The van der Waals surface area contributed by atoms with Gasteiger partial charge in [0.1, 0.15) is 12.6 Å². The first-order chi connectivity index (χ1) is 29.6. The number of likely N-dealkylation sites (N-methyl/N-ethyl adjacent to an activating group) is 1. The van der Waals surface area contributed by atoms with E-state index in [-0.39, 0.29) is 42.7 Å². The molecule has 0 spiro atoms. The fourth-order valence-corrected chi connectivity index (χ4v) is 8.07. The maximum Gasteiger partial charge on any atom is 0.306 e. The Morgan fingerprint density at radius 2 is 0.820 bits per heavy atom.